The van der Waals surface area contributed by atoms with E-state index in [4.69, 9.17) is 15.6 Å². The Morgan fingerprint density at radius 2 is 1.76 bits per heavy atom. The van der Waals surface area contributed by atoms with Crippen molar-refractivity contribution < 1.29 is 41.0 Å². The van der Waals surface area contributed by atoms with Crippen molar-refractivity contribution >= 4 is 28.6 Å². The lowest BCUT2D eigenvalue weighted by atomic mass is 9.98. The van der Waals surface area contributed by atoms with Crippen molar-refractivity contribution in [3.8, 4) is 17.0 Å². The van der Waals surface area contributed by atoms with E-state index in [2.05, 4.69) is 15.0 Å². The van der Waals surface area contributed by atoms with Crippen molar-refractivity contribution in [1.82, 2.24) is 25.0 Å². The molecule has 1 aromatic carbocycles. The van der Waals surface area contributed by atoms with Gasteiger partial charge in [0.15, 0.2) is 17.4 Å². The zero-order chi connectivity index (χ0) is 33.6. The number of pyridine rings is 1. The van der Waals surface area contributed by atoms with Crippen LogP contribution in [0.4, 0.5) is 32.4 Å². The summed E-state index contributed by atoms with van der Waals surface area (Å²) in [6.07, 6.45) is -5.34. The Morgan fingerprint density at radius 3 is 2.33 bits per heavy atom. The predicted molar refractivity (Wildman–Crippen MR) is 157 cm³/mol. The van der Waals surface area contributed by atoms with E-state index in [1.807, 2.05) is 0 Å². The van der Waals surface area contributed by atoms with Crippen molar-refractivity contribution in [1.29, 1.82) is 0 Å². The first-order valence-corrected chi connectivity index (χ1v) is 15.1. The summed E-state index contributed by atoms with van der Waals surface area (Å²) in [6, 6.07) is 1.10. The fourth-order valence-electron chi connectivity index (χ4n) is 6.66. The maximum atomic E-state index is 16.9. The zero-order valence-electron chi connectivity index (χ0n) is 26.1. The van der Waals surface area contributed by atoms with Crippen LogP contribution in [0.1, 0.15) is 70.3 Å². The molecule has 2 aliphatic carbocycles. The Labute approximate surface area is 261 Å². The van der Waals surface area contributed by atoms with Gasteiger partial charge in [0.05, 0.1) is 28.9 Å². The molecule has 2 saturated carbocycles. The highest BCUT2D eigenvalue weighted by Gasteiger charge is 2.60. The van der Waals surface area contributed by atoms with Crippen molar-refractivity contribution in [3.63, 3.8) is 0 Å². The van der Waals surface area contributed by atoms with E-state index in [9.17, 15) is 27.2 Å². The highest BCUT2D eigenvalue weighted by molar-refractivity contribution is 5.92. The van der Waals surface area contributed by atoms with Crippen LogP contribution in [-0.4, -0.2) is 63.8 Å². The number of halogens is 5. The van der Waals surface area contributed by atoms with Crippen LogP contribution in [0.15, 0.2) is 12.1 Å². The molecule has 1 aliphatic heterocycles. The van der Waals surface area contributed by atoms with Gasteiger partial charge in [-0.1, -0.05) is 13.8 Å². The number of rotatable bonds is 6. The maximum absolute atomic E-state index is 16.9. The third-order valence-corrected chi connectivity index (χ3v) is 8.74. The fraction of sp³-hybridized carbons (Fsp3) is 0.548. The smallest absolute Gasteiger partial charge is 0.444 e. The predicted octanol–water partition coefficient (Wildman–Crippen LogP) is 5.87. The number of piperidine rings is 1. The van der Waals surface area contributed by atoms with Gasteiger partial charge in [0.2, 0.25) is 5.91 Å². The average molecular weight is 651 g/mol. The standard InChI is InChI=1S/C31H35F5N6O4/c1-12(2)23-21-25(20-16-10-41(11-17(16)20)29(44)46-30(3,4)5)40-42(19-9-14(19)28(43)38-6)26(21)22(33)24(39-23)15-7-13(37)8-18(32)27(15)45-31(34,35)36/h7-8,12,14,16-17,19-20H,9-11,37H2,1-6H3,(H,38,43). The molecule has 0 radical (unpaired) electrons. The monoisotopic (exact) mass is 650 g/mol. The molecule has 6 rings (SSSR count). The second-order valence-corrected chi connectivity index (χ2v) is 13.6. The second-order valence-electron chi connectivity index (χ2n) is 13.6. The Hall–Kier alpha value is -4.17. The largest absolute Gasteiger partial charge is 0.573 e. The van der Waals surface area contributed by atoms with Gasteiger partial charge >= 0.3 is 12.5 Å². The van der Waals surface area contributed by atoms with E-state index in [1.165, 1.54) is 11.7 Å². The van der Waals surface area contributed by atoms with Gasteiger partial charge in [0, 0.05) is 43.2 Å². The highest BCUT2D eigenvalue weighted by atomic mass is 19.4. The number of nitrogens with zero attached hydrogens (tertiary/aromatic N) is 4. The number of amides is 2. The molecule has 4 unspecified atom stereocenters. The van der Waals surface area contributed by atoms with Crippen LogP contribution in [0.3, 0.4) is 0 Å². The molecule has 2 amide bonds. The van der Waals surface area contributed by atoms with E-state index in [1.54, 1.807) is 39.5 Å². The number of fused-ring (bicyclic) bond motifs is 2. The van der Waals surface area contributed by atoms with Crippen LogP contribution in [0.2, 0.25) is 0 Å². The lowest BCUT2D eigenvalue weighted by Crippen LogP contribution is -2.36. The molecule has 0 spiro atoms. The number of nitrogens with two attached hydrogens (primary N) is 1. The molecule has 2 aromatic heterocycles. The molecule has 10 nitrogen and oxygen atoms in total. The number of nitrogen functional groups attached to an aromatic ring is 1. The van der Waals surface area contributed by atoms with Crippen molar-refractivity contribution in [2.24, 2.45) is 17.8 Å². The summed E-state index contributed by atoms with van der Waals surface area (Å²) in [5.41, 5.74) is 4.51. The van der Waals surface area contributed by atoms with Crippen molar-refractivity contribution in [3.05, 3.63) is 35.2 Å². The molecule has 3 aromatic rings. The third-order valence-electron chi connectivity index (χ3n) is 8.74. The summed E-state index contributed by atoms with van der Waals surface area (Å²) < 4.78 is 82.8. The lowest BCUT2D eigenvalue weighted by molar-refractivity contribution is -0.275. The van der Waals surface area contributed by atoms with Gasteiger partial charge in [-0.25, -0.2) is 18.6 Å². The normalized spacial score (nSPS) is 23.9. The molecule has 4 atom stereocenters. The number of hydrogen-bond acceptors (Lipinski definition) is 7. The average Bonchev–Trinajstić information content (AvgIpc) is 3.77. The number of benzene rings is 1. The molecule has 3 fully saturated rings. The zero-order valence-corrected chi connectivity index (χ0v) is 26.1. The number of ether oxygens (including phenoxy) is 2. The number of anilines is 1. The minimum absolute atomic E-state index is 0.0190. The molecule has 248 valence electrons. The number of alkyl halides is 3. The van der Waals surface area contributed by atoms with E-state index in [0.717, 1.165) is 6.07 Å². The second kappa shape index (κ2) is 10.7. The number of likely N-dealkylation sites (tertiary alicyclic amines) is 1. The molecule has 46 heavy (non-hydrogen) atoms. The summed E-state index contributed by atoms with van der Waals surface area (Å²) in [5.74, 6) is -4.99. The topological polar surface area (TPSA) is 125 Å². The summed E-state index contributed by atoms with van der Waals surface area (Å²) in [6.45, 7) is 9.76. The van der Waals surface area contributed by atoms with Crippen LogP contribution in [0.5, 0.6) is 5.75 Å². The SMILES string of the molecule is CNC(=O)C1CC1n1nc(C2C3CN(C(=O)OC(C)(C)C)CC32)c2c(C(C)C)nc(-c3cc(N)cc(F)c3OC(F)(F)F)c(F)c21. The Balaban J connectivity index is 1.50. The van der Waals surface area contributed by atoms with E-state index < -0.39 is 58.7 Å². The van der Waals surface area contributed by atoms with Gasteiger partial charge in [-0.2, -0.15) is 5.10 Å². The van der Waals surface area contributed by atoms with Gasteiger partial charge in [0.25, 0.3) is 0 Å². The van der Waals surface area contributed by atoms with Crippen LogP contribution in [0, 0.1) is 29.4 Å². The molecular weight excluding hydrogens is 615 g/mol. The Kier molecular flexibility index (Phi) is 7.39. The van der Waals surface area contributed by atoms with Gasteiger partial charge < -0.3 is 25.4 Å². The van der Waals surface area contributed by atoms with Crippen molar-refractivity contribution in [2.75, 3.05) is 25.9 Å². The summed E-state index contributed by atoms with van der Waals surface area (Å²) >= 11 is 0. The number of nitrogens with one attached hydrogen (secondary N) is 1. The first kappa shape index (κ1) is 31.8. The number of aromatic nitrogens is 3. The van der Waals surface area contributed by atoms with Gasteiger partial charge in [-0.3, -0.25) is 9.48 Å². The Morgan fingerprint density at radius 1 is 1.11 bits per heavy atom. The molecular formula is C31H35F5N6O4. The number of hydrogen-bond donors (Lipinski definition) is 2. The van der Waals surface area contributed by atoms with Crippen molar-refractivity contribution in [2.45, 2.75) is 70.9 Å². The lowest BCUT2D eigenvalue weighted by Gasteiger charge is -2.25. The number of carbonyl (C=O) groups is 2. The number of carbonyl (C=O) groups excluding carboxylic acids is 2. The van der Waals surface area contributed by atoms with Crippen LogP contribution in [-0.2, 0) is 9.53 Å². The quantitative estimate of drug-likeness (QED) is 0.253. The first-order chi connectivity index (χ1) is 21.4. The Bertz CT molecular complexity index is 1740. The van der Waals surface area contributed by atoms with Gasteiger partial charge in [-0.05, 0) is 51.0 Å². The molecule has 0 bridgehead atoms. The van der Waals surface area contributed by atoms with E-state index in [-0.39, 0.29) is 40.8 Å². The summed E-state index contributed by atoms with van der Waals surface area (Å²) in [4.78, 5) is 31.4. The van der Waals surface area contributed by atoms with Gasteiger partial charge in [0.1, 0.15) is 16.8 Å². The summed E-state index contributed by atoms with van der Waals surface area (Å²) in [5, 5.41) is 7.84. The summed E-state index contributed by atoms with van der Waals surface area (Å²) in [7, 11) is 1.49. The van der Waals surface area contributed by atoms with Crippen LogP contribution < -0.4 is 15.8 Å². The van der Waals surface area contributed by atoms with Crippen LogP contribution in [0.25, 0.3) is 22.2 Å². The first-order valence-electron chi connectivity index (χ1n) is 15.1. The van der Waals surface area contributed by atoms with Gasteiger partial charge in [-0.15, -0.1) is 13.2 Å². The molecule has 15 heteroatoms. The maximum Gasteiger partial charge on any atom is 0.573 e. The minimum atomic E-state index is -5.28. The molecule has 3 aliphatic rings. The third kappa shape index (κ3) is 5.57. The highest BCUT2D eigenvalue weighted by Crippen LogP contribution is 2.60. The minimum Gasteiger partial charge on any atom is -0.444 e. The van der Waals surface area contributed by atoms with E-state index in [0.29, 0.717) is 42.4 Å². The molecule has 1 saturated heterocycles. The fourth-order valence-corrected chi connectivity index (χ4v) is 6.66. The molecule has 3 heterocycles. The molecule has 3 N–H and O–H groups in total. The van der Waals surface area contributed by atoms with E-state index >= 15 is 4.39 Å². The van der Waals surface area contributed by atoms with Crippen LogP contribution >= 0.6 is 0 Å².